The molecule has 2 nitrogen and oxygen atoms in total. The molecule has 0 saturated carbocycles. The van der Waals surface area contributed by atoms with Gasteiger partial charge in [-0.25, -0.2) is 4.39 Å². The number of hydrogen-bond acceptors (Lipinski definition) is 1. The minimum absolute atomic E-state index is 0.275. The van der Waals surface area contributed by atoms with Crippen molar-refractivity contribution < 1.29 is 9.13 Å². The zero-order valence-electron chi connectivity index (χ0n) is 10.9. The van der Waals surface area contributed by atoms with E-state index in [9.17, 15) is 4.39 Å². The van der Waals surface area contributed by atoms with Gasteiger partial charge in [-0.05, 0) is 48.0 Å². The molecule has 0 aliphatic rings. The maximum Gasteiger partial charge on any atom is 0.123 e. The summed E-state index contributed by atoms with van der Waals surface area (Å²) in [4.78, 5) is 0. The summed E-state index contributed by atoms with van der Waals surface area (Å²) in [5.41, 5.74) is 1.83. The van der Waals surface area contributed by atoms with E-state index in [2.05, 4.69) is 0 Å². The number of nitrogens with zero attached hydrogens (tertiary/aromatic N) is 1. The molecule has 0 radical (unpaired) electrons. The van der Waals surface area contributed by atoms with E-state index in [-0.39, 0.29) is 5.82 Å². The van der Waals surface area contributed by atoms with Crippen molar-refractivity contribution in [1.29, 1.82) is 0 Å². The van der Waals surface area contributed by atoms with Gasteiger partial charge in [0, 0.05) is 28.7 Å². The maximum absolute atomic E-state index is 13.3. The van der Waals surface area contributed by atoms with Gasteiger partial charge in [0.25, 0.3) is 0 Å². The van der Waals surface area contributed by atoms with Crippen LogP contribution in [0.1, 0.15) is 5.56 Å². The van der Waals surface area contributed by atoms with Gasteiger partial charge in [-0.1, -0.05) is 11.6 Å². The smallest absolute Gasteiger partial charge is 0.123 e. The third-order valence-corrected chi connectivity index (χ3v) is 3.70. The van der Waals surface area contributed by atoms with Crippen LogP contribution in [0, 0.1) is 5.82 Å². The molecule has 0 aliphatic carbocycles. The molecule has 1 aromatic heterocycles. The van der Waals surface area contributed by atoms with E-state index in [1.807, 2.05) is 35.0 Å². The quantitative estimate of drug-likeness (QED) is 0.693. The molecule has 0 amide bonds. The monoisotopic (exact) mass is 289 g/mol. The summed E-state index contributed by atoms with van der Waals surface area (Å²) < 4.78 is 20.5. The van der Waals surface area contributed by atoms with Gasteiger partial charge < -0.3 is 9.30 Å². The van der Waals surface area contributed by atoms with Gasteiger partial charge >= 0.3 is 0 Å². The average molecular weight is 290 g/mol. The number of halogens is 2. The number of hydrogen-bond donors (Lipinski definition) is 0. The Balaban J connectivity index is 2.00. The summed E-state index contributed by atoms with van der Waals surface area (Å²) in [6.45, 7) is 0.534. The minimum Gasteiger partial charge on any atom is -0.497 e. The molecule has 1 heterocycles. The Kier molecular flexibility index (Phi) is 3.36. The van der Waals surface area contributed by atoms with Crippen LogP contribution in [0.4, 0.5) is 4.39 Å². The Labute approximate surface area is 121 Å². The molecular weight excluding hydrogens is 277 g/mol. The molecule has 0 bridgehead atoms. The Hall–Kier alpha value is -2.00. The Morgan fingerprint density at radius 3 is 2.80 bits per heavy atom. The SMILES string of the molecule is COc1ccc2c(ccn2Cc2cc(F)ccc2Cl)c1. The lowest BCUT2D eigenvalue weighted by Gasteiger charge is -2.08. The van der Waals surface area contributed by atoms with Crippen molar-refractivity contribution in [3.8, 4) is 5.75 Å². The summed E-state index contributed by atoms with van der Waals surface area (Å²) in [6, 6.07) is 12.3. The number of aromatic nitrogens is 1. The minimum atomic E-state index is -0.275. The second kappa shape index (κ2) is 5.17. The molecule has 0 unspecified atom stereocenters. The molecule has 0 N–H and O–H groups in total. The van der Waals surface area contributed by atoms with Crippen LogP contribution in [0.15, 0.2) is 48.7 Å². The first kappa shape index (κ1) is 13.0. The Morgan fingerprint density at radius 1 is 1.15 bits per heavy atom. The number of methoxy groups -OCH3 is 1. The lowest BCUT2D eigenvalue weighted by molar-refractivity contribution is 0.415. The summed E-state index contributed by atoms with van der Waals surface area (Å²) >= 11 is 6.11. The first-order valence-corrected chi connectivity index (χ1v) is 6.62. The van der Waals surface area contributed by atoms with Crippen molar-refractivity contribution in [2.75, 3.05) is 7.11 Å². The molecule has 20 heavy (non-hydrogen) atoms. The van der Waals surface area contributed by atoms with Gasteiger partial charge in [-0.2, -0.15) is 0 Å². The fourth-order valence-corrected chi connectivity index (χ4v) is 2.47. The summed E-state index contributed by atoms with van der Waals surface area (Å²) in [7, 11) is 1.64. The van der Waals surface area contributed by atoms with Crippen molar-refractivity contribution >= 4 is 22.5 Å². The standard InChI is InChI=1S/C16H13ClFNO/c1-20-14-3-5-16-11(9-14)6-7-19(16)10-12-8-13(18)2-4-15(12)17/h2-9H,10H2,1H3. The van der Waals surface area contributed by atoms with Gasteiger partial charge in [0.05, 0.1) is 7.11 Å². The zero-order chi connectivity index (χ0) is 14.1. The predicted octanol–water partition coefficient (Wildman–Crippen LogP) is 4.49. The van der Waals surface area contributed by atoms with E-state index in [1.165, 1.54) is 12.1 Å². The van der Waals surface area contributed by atoms with Crippen molar-refractivity contribution in [3.05, 3.63) is 65.1 Å². The molecule has 3 aromatic rings. The number of benzene rings is 2. The Bertz CT molecular complexity index is 766. The van der Waals surface area contributed by atoms with E-state index in [0.29, 0.717) is 11.6 Å². The van der Waals surface area contributed by atoms with Crippen LogP contribution in [-0.2, 0) is 6.54 Å². The van der Waals surface area contributed by atoms with Crippen molar-refractivity contribution in [1.82, 2.24) is 4.57 Å². The maximum atomic E-state index is 13.3. The highest BCUT2D eigenvalue weighted by Crippen LogP contribution is 2.24. The molecule has 102 valence electrons. The van der Waals surface area contributed by atoms with Gasteiger partial charge in [0.15, 0.2) is 0 Å². The summed E-state index contributed by atoms with van der Waals surface area (Å²) in [5, 5.41) is 1.65. The number of rotatable bonds is 3. The Morgan fingerprint density at radius 2 is 2.00 bits per heavy atom. The summed E-state index contributed by atoms with van der Waals surface area (Å²) in [5.74, 6) is 0.543. The molecule has 0 atom stereocenters. The topological polar surface area (TPSA) is 14.2 Å². The molecule has 2 aromatic carbocycles. The predicted molar refractivity (Wildman–Crippen MR) is 79.0 cm³/mol. The zero-order valence-corrected chi connectivity index (χ0v) is 11.7. The second-order valence-corrected chi connectivity index (χ2v) is 5.01. The first-order chi connectivity index (χ1) is 9.67. The molecular formula is C16H13ClFNO. The summed E-state index contributed by atoms with van der Waals surface area (Å²) in [6.07, 6.45) is 1.96. The van der Waals surface area contributed by atoms with Crippen molar-refractivity contribution in [3.63, 3.8) is 0 Å². The third-order valence-electron chi connectivity index (χ3n) is 3.33. The van der Waals surface area contributed by atoms with Gasteiger partial charge in [-0.3, -0.25) is 0 Å². The van der Waals surface area contributed by atoms with Crippen LogP contribution >= 0.6 is 11.6 Å². The van der Waals surface area contributed by atoms with Crippen molar-refractivity contribution in [2.45, 2.75) is 6.54 Å². The van der Waals surface area contributed by atoms with Gasteiger partial charge in [-0.15, -0.1) is 0 Å². The fourth-order valence-electron chi connectivity index (χ4n) is 2.29. The largest absolute Gasteiger partial charge is 0.497 e. The normalized spacial score (nSPS) is 10.9. The third kappa shape index (κ3) is 2.37. The van der Waals surface area contributed by atoms with Crippen LogP contribution < -0.4 is 4.74 Å². The van der Waals surface area contributed by atoms with E-state index in [4.69, 9.17) is 16.3 Å². The number of ether oxygens (including phenoxy) is 1. The molecule has 4 heteroatoms. The van der Waals surface area contributed by atoms with E-state index in [1.54, 1.807) is 13.2 Å². The highest BCUT2D eigenvalue weighted by atomic mass is 35.5. The lowest BCUT2D eigenvalue weighted by Crippen LogP contribution is -1.99. The lowest BCUT2D eigenvalue weighted by atomic mass is 10.2. The van der Waals surface area contributed by atoms with Crippen LogP contribution in [0.5, 0.6) is 5.75 Å². The first-order valence-electron chi connectivity index (χ1n) is 6.24. The molecule has 3 rings (SSSR count). The van der Waals surface area contributed by atoms with Crippen LogP contribution in [0.25, 0.3) is 10.9 Å². The average Bonchev–Trinajstić information content (AvgIpc) is 2.85. The van der Waals surface area contributed by atoms with Crippen LogP contribution in [0.2, 0.25) is 5.02 Å². The van der Waals surface area contributed by atoms with E-state index in [0.717, 1.165) is 22.2 Å². The molecule has 0 spiro atoms. The van der Waals surface area contributed by atoms with E-state index >= 15 is 0 Å². The fraction of sp³-hybridized carbons (Fsp3) is 0.125. The van der Waals surface area contributed by atoms with Gasteiger partial charge in [0.1, 0.15) is 11.6 Å². The highest BCUT2D eigenvalue weighted by molar-refractivity contribution is 6.31. The van der Waals surface area contributed by atoms with Crippen LogP contribution in [0.3, 0.4) is 0 Å². The molecule has 0 saturated heterocycles. The van der Waals surface area contributed by atoms with Crippen molar-refractivity contribution in [2.24, 2.45) is 0 Å². The molecule has 0 aliphatic heterocycles. The highest BCUT2D eigenvalue weighted by Gasteiger charge is 2.07. The number of fused-ring (bicyclic) bond motifs is 1. The van der Waals surface area contributed by atoms with Crippen LogP contribution in [-0.4, -0.2) is 11.7 Å². The molecule has 0 fully saturated rings. The second-order valence-electron chi connectivity index (χ2n) is 4.60. The van der Waals surface area contributed by atoms with Gasteiger partial charge in [0.2, 0.25) is 0 Å². The van der Waals surface area contributed by atoms with E-state index < -0.39 is 0 Å².